The third kappa shape index (κ3) is 5.83. The number of aromatic nitrogens is 5. The standard InChI is InChI=1S/C34H35FN6O5/c1-34(2,3)46-32(43)27-17-37-29(38(27)4)20-39-18-25(35)28(19-39)41-30-26(7-6-16-36-30)40(33(41)44)24-14-12-22(13-15-24)21-8-10-23(11-9-21)31(42)45-5/h6-17,25,28H,18-20H2,1-5H3/t25-,28-/m1/s1. The van der Waals surface area contributed by atoms with Gasteiger partial charge in [0, 0.05) is 26.3 Å². The zero-order chi connectivity index (χ0) is 32.7. The van der Waals surface area contributed by atoms with Crippen molar-refractivity contribution in [3.8, 4) is 16.8 Å². The summed E-state index contributed by atoms with van der Waals surface area (Å²) in [5.74, 6) is -0.302. The molecule has 12 heteroatoms. The van der Waals surface area contributed by atoms with Gasteiger partial charge in [-0.05, 0) is 68.3 Å². The molecule has 0 amide bonds. The molecule has 0 bridgehead atoms. The fourth-order valence-electron chi connectivity index (χ4n) is 5.83. The summed E-state index contributed by atoms with van der Waals surface area (Å²) in [5.41, 5.74) is 3.11. The molecule has 2 atom stereocenters. The van der Waals surface area contributed by atoms with Crippen molar-refractivity contribution in [2.75, 3.05) is 20.2 Å². The predicted molar refractivity (Wildman–Crippen MR) is 170 cm³/mol. The van der Waals surface area contributed by atoms with Crippen molar-refractivity contribution in [3.05, 3.63) is 101 Å². The van der Waals surface area contributed by atoms with Gasteiger partial charge in [-0.15, -0.1) is 0 Å². The van der Waals surface area contributed by atoms with E-state index in [0.717, 1.165) is 11.1 Å². The van der Waals surface area contributed by atoms with Crippen LogP contribution < -0.4 is 5.69 Å². The quantitative estimate of drug-likeness (QED) is 0.239. The number of likely N-dealkylation sites (tertiary alicyclic amines) is 1. The minimum absolute atomic E-state index is 0.0920. The number of fused-ring (bicyclic) bond motifs is 1. The molecule has 0 spiro atoms. The number of carbonyl (C=O) groups is 2. The van der Waals surface area contributed by atoms with Crippen molar-refractivity contribution >= 4 is 23.1 Å². The zero-order valence-electron chi connectivity index (χ0n) is 26.3. The van der Waals surface area contributed by atoms with Gasteiger partial charge in [-0.25, -0.2) is 28.7 Å². The third-order valence-corrected chi connectivity index (χ3v) is 8.08. The van der Waals surface area contributed by atoms with Gasteiger partial charge in [0.15, 0.2) is 5.65 Å². The smallest absolute Gasteiger partial charge is 0.357 e. The van der Waals surface area contributed by atoms with Crippen molar-refractivity contribution in [2.24, 2.45) is 7.05 Å². The fourth-order valence-corrected chi connectivity index (χ4v) is 5.83. The molecular weight excluding hydrogens is 591 g/mol. The van der Waals surface area contributed by atoms with Gasteiger partial charge in [0.05, 0.1) is 42.7 Å². The lowest BCUT2D eigenvalue weighted by Crippen LogP contribution is -2.31. The first-order valence-corrected chi connectivity index (χ1v) is 14.9. The van der Waals surface area contributed by atoms with Crippen molar-refractivity contribution < 1.29 is 23.5 Å². The lowest BCUT2D eigenvalue weighted by molar-refractivity contribution is 0.00581. The van der Waals surface area contributed by atoms with Gasteiger partial charge in [0.1, 0.15) is 23.3 Å². The maximum Gasteiger partial charge on any atom is 0.357 e. The summed E-state index contributed by atoms with van der Waals surface area (Å²) < 4.78 is 30.7. The number of methoxy groups -OCH3 is 1. The molecule has 4 heterocycles. The highest BCUT2D eigenvalue weighted by molar-refractivity contribution is 5.90. The first-order chi connectivity index (χ1) is 21.9. The molecule has 0 N–H and O–H groups in total. The van der Waals surface area contributed by atoms with Gasteiger partial charge in [-0.1, -0.05) is 24.3 Å². The number of rotatable bonds is 7. The Morgan fingerprint density at radius 1 is 0.957 bits per heavy atom. The molecule has 6 rings (SSSR count). The number of alkyl halides is 1. The van der Waals surface area contributed by atoms with E-state index in [1.807, 2.05) is 41.3 Å². The van der Waals surface area contributed by atoms with E-state index in [0.29, 0.717) is 40.5 Å². The molecule has 5 aromatic rings. The number of nitrogens with zero attached hydrogens (tertiary/aromatic N) is 6. The van der Waals surface area contributed by atoms with Crippen molar-refractivity contribution in [3.63, 3.8) is 0 Å². The minimum atomic E-state index is -1.33. The molecule has 1 aliphatic rings. The van der Waals surface area contributed by atoms with Gasteiger partial charge < -0.3 is 14.0 Å². The fraction of sp³-hybridized carbons (Fsp3) is 0.324. The van der Waals surface area contributed by atoms with E-state index in [4.69, 9.17) is 9.47 Å². The van der Waals surface area contributed by atoms with Crippen LogP contribution in [0.1, 0.15) is 53.5 Å². The van der Waals surface area contributed by atoms with E-state index in [1.54, 1.807) is 67.4 Å². The number of pyridine rings is 1. The van der Waals surface area contributed by atoms with Crippen molar-refractivity contribution in [1.29, 1.82) is 0 Å². The molecule has 1 saturated heterocycles. The van der Waals surface area contributed by atoms with Gasteiger partial charge in [0.2, 0.25) is 0 Å². The molecule has 238 valence electrons. The average Bonchev–Trinajstić information content (AvgIpc) is 3.67. The minimum Gasteiger partial charge on any atom is -0.465 e. The lowest BCUT2D eigenvalue weighted by Gasteiger charge is -2.20. The number of hydrogen-bond acceptors (Lipinski definition) is 8. The Morgan fingerprint density at radius 3 is 2.28 bits per heavy atom. The Morgan fingerprint density at radius 2 is 1.63 bits per heavy atom. The molecule has 46 heavy (non-hydrogen) atoms. The molecular formula is C34H35FN6O5. The average molecular weight is 627 g/mol. The number of hydrogen-bond donors (Lipinski definition) is 0. The second-order valence-corrected chi connectivity index (χ2v) is 12.3. The first kappa shape index (κ1) is 30.9. The van der Waals surface area contributed by atoms with Gasteiger partial charge in [-0.2, -0.15) is 0 Å². The molecule has 2 aromatic carbocycles. The van der Waals surface area contributed by atoms with Crippen LogP contribution in [0.25, 0.3) is 28.0 Å². The summed E-state index contributed by atoms with van der Waals surface area (Å²) in [6.07, 6.45) is 1.73. The SMILES string of the molecule is COC(=O)c1ccc(-c2ccc(-n3c(=O)n([C@@H]4CN(Cc5ncc(C(=O)OC(C)(C)C)n5C)C[C@H]4F)c4ncccc43)cc2)cc1. The van der Waals surface area contributed by atoms with Crippen LogP contribution in [0, 0.1) is 0 Å². The van der Waals surface area contributed by atoms with E-state index in [9.17, 15) is 14.4 Å². The van der Waals surface area contributed by atoms with Crippen LogP contribution in [0.2, 0.25) is 0 Å². The molecule has 11 nitrogen and oxygen atoms in total. The number of benzene rings is 2. The highest BCUT2D eigenvalue weighted by Gasteiger charge is 2.38. The van der Waals surface area contributed by atoms with E-state index < -0.39 is 29.8 Å². The van der Waals surface area contributed by atoms with Crippen molar-refractivity contribution in [2.45, 2.75) is 45.1 Å². The molecule has 0 radical (unpaired) electrons. The van der Waals surface area contributed by atoms with Crippen LogP contribution >= 0.6 is 0 Å². The van der Waals surface area contributed by atoms with Crippen LogP contribution in [0.3, 0.4) is 0 Å². The summed E-state index contributed by atoms with van der Waals surface area (Å²) >= 11 is 0. The number of esters is 2. The molecule has 1 aliphatic heterocycles. The van der Waals surface area contributed by atoms with Gasteiger partial charge in [-0.3, -0.25) is 14.0 Å². The summed E-state index contributed by atoms with van der Waals surface area (Å²) in [6.45, 7) is 6.03. The second kappa shape index (κ2) is 12.0. The second-order valence-electron chi connectivity index (χ2n) is 12.3. The lowest BCUT2D eigenvalue weighted by atomic mass is 10.0. The van der Waals surface area contributed by atoms with Crippen LogP contribution in [-0.4, -0.2) is 72.5 Å². The predicted octanol–water partition coefficient (Wildman–Crippen LogP) is 4.72. The molecule has 3 aromatic heterocycles. The Labute approximate surface area is 264 Å². The highest BCUT2D eigenvalue weighted by Crippen LogP contribution is 2.30. The number of carbonyl (C=O) groups excluding carboxylic acids is 2. The normalized spacial score (nSPS) is 17.0. The van der Waals surface area contributed by atoms with Gasteiger partial charge in [0.25, 0.3) is 0 Å². The number of imidazole rings is 2. The van der Waals surface area contributed by atoms with Gasteiger partial charge >= 0.3 is 17.6 Å². The maximum absolute atomic E-state index is 15.7. The summed E-state index contributed by atoms with van der Waals surface area (Å²) in [4.78, 5) is 49.2. The largest absolute Gasteiger partial charge is 0.465 e. The number of halogens is 1. The first-order valence-electron chi connectivity index (χ1n) is 14.9. The van der Waals surface area contributed by atoms with E-state index in [2.05, 4.69) is 9.97 Å². The van der Waals surface area contributed by atoms with Crippen LogP contribution in [0.4, 0.5) is 4.39 Å². The number of ether oxygens (including phenoxy) is 2. The summed E-state index contributed by atoms with van der Waals surface area (Å²) in [5, 5.41) is 0. The molecule has 0 unspecified atom stereocenters. The molecule has 1 fully saturated rings. The topological polar surface area (TPSA) is 113 Å². The summed E-state index contributed by atoms with van der Waals surface area (Å²) in [6, 6.07) is 17.3. The Kier molecular flexibility index (Phi) is 8.07. The van der Waals surface area contributed by atoms with E-state index >= 15 is 4.39 Å². The monoisotopic (exact) mass is 626 g/mol. The molecule has 0 saturated carbocycles. The highest BCUT2D eigenvalue weighted by atomic mass is 19.1. The maximum atomic E-state index is 15.7. The van der Waals surface area contributed by atoms with E-state index in [-0.39, 0.29) is 18.8 Å². The van der Waals surface area contributed by atoms with Crippen LogP contribution in [0.15, 0.2) is 77.9 Å². The van der Waals surface area contributed by atoms with Crippen molar-refractivity contribution in [1.82, 2.24) is 28.6 Å². The molecule has 0 aliphatic carbocycles. The summed E-state index contributed by atoms with van der Waals surface area (Å²) in [7, 11) is 3.07. The van der Waals surface area contributed by atoms with E-state index in [1.165, 1.54) is 17.9 Å². The van der Waals surface area contributed by atoms with Crippen LogP contribution in [0.5, 0.6) is 0 Å². The Hall–Kier alpha value is -5.10. The Bertz CT molecular complexity index is 1970. The zero-order valence-corrected chi connectivity index (χ0v) is 26.3. The third-order valence-electron chi connectivity index (χ3n) is 8.08. The Balaban J connectivity index is 1.26. The van der Waals surface area contributed by atoms with Crippen LogP contribution in [-0.2, 0) is 23.1 Å².